The van der Waals surface area contributed by atoms with Gasteiger partial charge in [0.15, 0.2) is 5.82 Å². The van der Waals surface area contributed by atoms with E-state index in [0.29, 0.717) is 24.3 Å². The van der Waals surface area contributed by atoms with Crippen LogP contribution in [0.1, 0.15) is 19.5 Å². The van der Waals surface area contributed by atoms with Gasteiger partial charge in [-0.2, -0.15) is 10.2 Å². The zero-order chi connectivity index (χ0) is 14.9. The third-order valence-corrected chi connectivity index (χ3v) is 4.24. The van der Waals surface area contributed by atoms with Crippen molar-refractivity contribution >= 4 is 21.5 Å². The summed E-state index contributed by atoms with van der Waals surface area (Å²) in [6, 6.07) is 0. The number of nitrogen functional groups attached to an aromatic ring is 1. The lowest BCUT2D eigenvalue weighted by Gasteiger charge is -2.05. The zero-order valence-electron chi connectivity index (χ0n) is 11.7. The first kappa shape index (κ1) is 14.4. The molecule has 0 aliphatic rings. The summed E-state index contributed by atoms with van der Waals surface area (Å²) in [5.41, 5.74) is 6.80. The Labute approximate surface area is 117 Å². The predicted molar refractivity (Wildman–Crippen MR) is 75.7 cm³/mol. The normalized spacial score (nSPS) is 11.8. The second-order valence-electron chi connectivity index (χ2n) is 4.36. The Morgan fingerprint density at radius 1 is 1.30 bits per heavy atom. The fraction of sp³-hybridized carbons (Fsp3) is 0.455. The summed E-state index contributed by atoms with van der Waals surface area (Å²) in [6.07, 6.45) is 3.67. The SMILES string of the molecule is CCc1nn(C)cc1NS(=O)(=O)c1cn(CC)nc1N. The van der Waals surface area contributed by atoms with Gasteiger partial charge in [0.05, 0.1) is 11.4 Å². The van der Waals surface area contributed by atoms with Crippen LogP contribution in [-0.2, 0) is 30.0 Å². The number of hydrogen-bond donors (Lipinski definition) is 2. The molecule has 0 aromatic carbocycles. The summed E-state index contributed by atoms with van der Waals surface area (Å²) in [5, 5.41) is 8.13. The minimum Gasteiger partial charge on any atom is -0.381 e. The quantitative estimate of drug-likeness (QED) is 0.839. The molecular weight excluding hydrogens is 280 g/mol. The first-order valence-electron chi connectivity index (χ1n) is 6.25. The number of nitrogens with two attached hydrogens (primary N) is 1. The number of anilines is 2. The molecule has 0 amide bonds. The third kappa shape index (κ3) is 2.62. The van der Waals surface area contributed by atoms with E-state index in [9.17, 15) is 8.42 Å². The number of hydrogen-bond acceptors (Lipinski definition) is 5. The van der Waals surface area contributed by atoms with E-state index >= 15 is 0 Å². The second-order valence-corrected chi connectivity index (χ2v) is 6.01. The van der Waals surface area contributed by atoms with E-state index in [1.165, 1.54) is 10.9 Å². The Bertz CT molecular complexity index is 715. The highest BCUT2D eigenvalue weighted by Crippen LogP contribution is 2.22. The van der Waals surface area contributed by atoms with E-state index in [-0.39, 0.29) is 10.7 Å². The van der Waals surface area contributed by atoms with Crippen LogP contribution in [0, 0.1) is 0 Å². The van der Waals surface area contributed by atoms with Crippen LogP contribution in [0.5, 0.6) is 0 Å². The average molecular weight is 298 g/mol. The van der Waals surface area contributed by atoms with Crippen molar-refractivity contribution in [3.63, 3.8) is 0 Å². The molecule has 0 aliphatic heterocycles. The summed E-state index contributed by atoms with van der Waals surface area (Å²) >= 11 is 0. The van der Waals surface area contributed by atoms with Crippen molar-refractivity contribution in [3.05, 3.63) is 18.1 Å². The lowest BCUT2D eigenvalue weighted by molar-refractivity contribution is 0.600. The van der Waals surface area contributed by atoms with Crippen LogP contribution < -0.4 is 10.5 Å². The van der Waals surface area contributed by atoms with Crippen LogP contribution in [-0.4, -0.2) is 28.0 Å². The Morgan fingerprint density at radius 3 is 2.55 bits per heavy atom. The van der Waals surface area contributed by atoms with E-state index < -0.39 is 10.0 Å². The minimum absolute atomic E-state index is 0.0127. The van der Waals surface area contributed by atoms with Crippen molar-refractivity contribution in [1.29, 1.82) is 0 Å². The number of aromatic nitrogens is 4. The highest BCUT2D eigenvalue weighted by molar-refractivity contribution is 7.92. The van der Waals surface area contributed by atoms with Gasteiger partial charge in [-0.05, 0) is 13.3 Å². The molecule has 2 heterocycles. The van der Waals surface area contributed by atoms with E-state index in [1.807, 2.05) is 13.8 Å². The zero-order valence-corrected chi connectivity index (χ0v) is 12.5. The smallest absolute Gasteiger partial charge is 0.267 e. The average Bonchev–Trinajstić information content (AvgIpc) is 2.92. The Balaban J connectivity index is 2.37. The molecule has 0 atom stereocenters. The summed E-state index contributed by atoms with van der Waals surface area (Å²) in [5.74, 6) is -0.0127. The van der Waals surface area contributed by atoms with Crippen molar-refractivity contribution in [2.24, 2.45) is 7.05 Å². The molecule has 110 valence electrons. The van der Waals surface area contributed by atoms with Gasteiger partial charge in [-0.1, -0.05) is 6.92 Å². The van der Waals surface area contributed by atoms with E-state index in [1.54, 1.807) is 17.9 Å². The molecule has 0 bridgehead atoms. The van der Waals surface area contributed by atoms with Crippen LogP contribution in [0.4, 0.5) is 11.5 Å². The number of aryl methyl sites for hydroxylation is 3. The maximum absolute atomic E-state index is 12.3. The molecule has 20 heavy (non-hydrogen) atoms. The molecule has 0 radical (unpaired) electrons. The largest absolute Gasteiger partial charge is 0.381 e. The molecule has 0 spiro atoms. The molecule has 2 aromatic rings. The van der Waals surface area contributed by atoms with Gasteiger partial charge in [0.2, 0.25) is 0 Å². The van der Waals surface area contributed by atoms with Crippen LogP contribution in [0.25, 0.3) is 0 Å². The highest BCUT2D eigenvalue weighted by Gasteiger charge is 2.23. The van der Waals surface area contributed by atoms with E-state index in [2.05, 4.69) is 14.9 Å². The molecule has 0 fully saturated rings. The molecular formula is C11H18N6O2S. The molecule has 2 rings (SSSR count). The van der Waals surface area contributed by atoms with Gasteiger partial charge in [0.1, 0.15) is 4.90 Å². The van der Waals surface area contributed by atoms with Crippen LogP contribution >= 0.6 is 0 Å². The van der Waals surface area contributed by atoms with E-state index in [4.69, 9.17) is 5.73 Å². The van der Waals surface area contributed by atoms with E-state index in [0.717, 1.165) is 0 Å². The van der Waals surface area contributed by atoms with Crippen molar-refractivity contribution < 1.29 is 8.42 Å². The van der Waals surface area contributed by atoms with Crippen molar-refractivity contribution in [3.8, 4) is 0 Å². The molecule has 3 N–H and O–H groups in total. The molecule has 0 aliphatic carbocycles. The maximum atomic E-state index is 12.3. The van der Waals surface area contributed by atoms with Gasteiger partial charge in [0.25, 0.3) is 10.0 Å². The van der Waals surface area contributed by atoms with Gasteiger partial charge in [0, 0.05) is 26.0 Å². The van der Waals surface area contributed by atoms with Gasteiger partial charge in [-0.25, -0.2) is 8.42 Å². The fourth-order valence-electron chi connectivity index (χ4n) is 1.87. The Morgan fingerprint density at radius 2 is 2.00 bits per heavy atom. The molecule has 0 unspecified atom stereocenters. The Hall–Kier alpha value is -2.03. The van der Waals surface area contributed by atoms with Gasteiger partial charge in [-0.15, -0.1) is 0 Å². The first-order valence-corrected chi connectivity index (χ1v) is 7.74. The monoisotopic (exact) mass is 298 g/mol. The van der Waals surface area contributed by atoms with Crippen molar-refractivity contribution in [2.75, 3.05) is 10.5 Å². The lowest BCUT2D eigenvalue weighted by Crippen LogP contribution is -2.14. The standard InChI is InChI=1S/C11H18N6O2S/c1-4-8-9(6-16(3)13-8)15-20(18,19)10-7-17(5-2)14-11(10)12/h6-7,15H,4-5H2,1-3H3,(H2,12,14). The van der Waals surface area contributed by atoms with Crippen molar-refractivity contribution in [1.82, 2.24) is 19.6 Å². The Kier molecular flexibility index (Phi) is 3.71. The molecule has 0 saturated carbocycles. The topological polar surface area (TPSA) is 108 Å². The van der Waals surface area contributed by atoms with Crippen molar-refractivity contribution in [2.45, 2.75) is 31.7 Å². The second kappa shape index (κ2) is 5.16. The molecule has 8 nitrogen and oxygen atoms in total. The number of rotatable bonds is 5. The lowest BCUT2D eigenvalue weighted by atomic mass is 10.3. The maximum Gasteiger partial charge on any atom is 0.267 e. The molecule has 0 saturated heterocycles. The summed E-state index contributed by atoms with van der Waals surface area (Å²) in [6.45, 7) is 4.31. The highest BCUT2D eigenvalue weighted by atomic mass is 32.2. The van der Waals surface area contributed by atoms with Gasteiger partial charge < -0.3 is 5.73 Å². The number of nitrogens with one attached hydrogen (secondary N) is 1. The summed E-state index contributed by atoms with van der Waals surface area (Å²) in [7, 11) is -2.03. The van der Waals surface area contributed by atoms with Crippen LogP contribution in [0.15, 0.2) is 17.3 Å². The van der Waals surface area contributed by atoms with Gasteiger partial charge >= 0.3 is 0 Å². The van der Waals surface area contributed by atoms with Crippen LogP contribution in [0.3, 0.4) is 0 Å². The predicted octanol–water partition coefficient (Wildman–Crippen LogP) is 0.582. The van der Waals surface area contributed by atoms with Gasteiger partial charge in [-0.3, -0.25) is 14.1 Å². The number of sulfonamides is 1. The van der Waals surface area contributed by atoms with Crippen LogP contribution in [0.2, 0.25) is 0 Å². The minimum atomic E-state index is -3.76. The summed E-state index contributed by atoms with van der Waals surface area (Å²) in [4.78, 5) is -0.0229. The first-order chi connectivity index (χ1) is 9.37. The molecule has 2 aromatic heterocycles. The number of nitrogens with zero attached hydrogens (tertiary/aromatic N) is 4. The molecule has 9 heteroatoms. The summed E-state index contributed by atoms with van der Waals surface area (Å²) < 4.78 is 30.2. The third-order valence-electron chi connectivity index (χ3n) is 2.85. The fourth-order valence-corrected chi connectivity index (χ4v) is 3.01.